The second-order valence-electron chi connectivity index (χ2n) is 5.64. The van der Waals surface area contributed by atoms with E-state index in [1.54, 1.807) is 0 Å². The molecule has 1 fully saturated rings. The summed E-state index contributed by atoms with van der Waals surface area (Å²) < 4.78 is 5.67. The van der Waals surface area contributed by atoms with E-state index in [1.165, 1.54) is 19.3 Å². The van der Waals surface area contributed by atoms with Gasteiger partial charge in [-0.1, -0.05) is 34.5 Å². The van der Waals surface area contributed by atoms with Gasteiger partial charge in [-0.25, -0.2) is 0 Å². The number of benzene rings is 1. The summed E-state index contributed by atoms with van der Waals surface area (Å²) in [6.45, 7) is 2.62. The van der Waals surface area contributed by atoms with Gasteiger partial charge in [0.05, 0.1) is 5.69 Å². The van der Waals surface area contributed by atoms with E-state index in [1.807, 2.05) is 36.1 Å². The Morgan fingerprint density at radius 2 is 2.16 bits per heavy atom. The number of hydrogen-bond donors (Lipinski definition) is 0. The lowest BCUT2D eigenvalue weighted by Crippen LogP contribution is -2.51. The van der Waals surface area contributed by atoms with Crippen LogP contribution < -0.4 is 9.64 Å². The van der Waals surface area contributed by atoms with Gasteiger partial charge in [-0.3, -0.25) is 4.79 Å². The zero-order valence-corrected chi connectivity index (χ0v) is 12.6. The molecule has 3 rings (SSSR count). The molecule has 1 aromatic carbocycles. The van der Waals surface area contributed by atoms with E-state index in [0.717, 1.165) is 23.3 Å². The van der Waals surface area contributed by atoms with Crippen LogP contribution in [0, 0.1) is 5.41 Å². The number of rotatable bonds is 3. The Balaban J connectivity index is 1.92. The maximum absolute atomic E-state index is 12.4. The average Bonchev–Trinajstić information content (AvgIpc) is 2.38. The van der Waals surface area contributed by atoms with Crippen molar-refractivity contribution in [2.75, 3.05) is 16.8 Å². The highest BCUT2D eigenvalue weighted by Gasteiger charge is 2.42. The molecule has 0 saturated heterocycles. The summed E-state index contributed by atoms with van der Waals surface area (Å²) in [5.74, 6) is 0.893. The molecule has 4 heteroatoms. The molecule has 0 aromatic heterocycles. The number of halogens is 1. The van der Waals surface area contributed by atoms with Gasteiger partial charge < -0.3 is 9.64 Å². The molecule has 1 atom stereocenters. The molecule has 1 aliphatic carbocycles. The van der Waals surface area contributed by atoms with Crippen LogP contribution in [-0.2, 0) is 4.79 Å². The molecule has 0 bridgehead atoms. The SMILES string of the molecule is CC1Oc2ccccc2N(CC2(CBr)CCC2)C1=O. The molecule has 102 valence electrons. The summed E-state index contributed by atoms with van der Waals surface area (Å²) in [5, 5.41) is 0.960. The molecule has 0 radical (unpaired) electrons. The van der Waals surface area contributed by atoms with Gasteiger partial charge in [0, 0.05) is 11.9 Å². The minimum Gasteiger partial charge on any atom is -0.479 e. The third kappa shape index (κ3) is 2.16. The van der Waals surface area contributed by atoms with Crippen molar-refractivity contribution in [1.29, 1.82) is 0 Å². The highest BCUT2D eigenvalue weighted by molar-refractivity contribution is 9.09. The van der Waals surface area contributed by atoms with E-state index in [0.29, 0.717) is 0 Å². The molecule has 1 aromatic rings. The van der Waals surface area contributed by atoms with Crippen molar-refractivity contribution in [3.63, 3.8) is 0 Å². The van der Waals surface area contributed by atoms with Gasteiger partial charge in [0.25, 0.3) is 5.91 Å². The van der Waals surface area contributed by atoms with Gasteiger partial charge >= 0.3 is 0 Å². The normalized spacial score (nSPS) is 24.4. The number of alkyl halides is 1. The maximum Gasteiger partial charge on any atom is 0.267 e. The monoisotopic (exact) mass is 323 g/mol. The Kier molecular flexibility index (Phi) is 3.29. The van der Waals surface area contributed by atoms with Gasteiger partial charge in [0.2, 0.25) is 0 Å². The van der Waals surface area contributed by atoms with Crippen LogP contribution in [0.1, 0.15) is 26.2 Å². The van der Waals surface area contributed by atoms with E-state index in [9.17, 15) is 4.79 Å². The number of nitrogens with zero attached hydrogens (tertiary/aromatic N) is 1. The Morgan fingerprint density at radius 1 is 1.42 bits per heavy atom. The molecule has 0 spiro atoms. The van der Waals surface area contributed by atoms with Gasteiger partial charge in [-0.05, 0) is 37.3 Å². The molecule has 1 unspecified atom stereocenters. The number of hydrogen-bond acceptors (Lipinski definition) is 2. The number of amides is 1. The van der Waals surface area contributed by atoms with Crippen LogP contribution in [0.4, 0.5) is 5.69 Å². The van der Waals surface area contributed by atoms with Gasteiger partial charge in [0.1, 0.15) is 5.75 Å². The fourth-order valence-corrected chi connectivity index (χ4v) is 3.61. The van der Waals surface area contributed by atoms with Crippen molar-refractivity contribution in [2.24, 2.45) is 5.41 Å². The zero-order valence-electron chi connectivity index (χ0n) is 11.1. The Labute approximate surface area is 122 Å². The summed E-state index contributed by atoms with van der Waals surface area (Å²) in [6, 6.07) is 7.82. The summed E-state index contributed by atoms with van der Waals surface area (Å²) in [7, 11) is 0. The molecule has 1 heterocycles. The van der Waals surface area contributed by atoms with E-state index in [-0.39, 0.29) is 17.4 Å². The average molecular weight is 324 g/mol. The molecule has 2 aliphatic rings. The molecule has 19 heavy (non-hydrogen) atoms. The standard InChI is InChI=1S/C15H18BrNO2/c1-11-14(18)17(10-15(9-16)7-4-8-15)12-5-2-3-6-13(12)19-11/h2-3,5-6,11H,4,7-10H2,1H3. The first-order chi connectivity index (χ1) is 9.15. The van der Waals surface area contributed by atoms with Gasteiger partial charge in [-0.2, -0.15) is 0 Å². The lowest BCUT2D eigenvalue weighted by atomic mass is 9.70. The maximum atomic E-state index is 12.4. The number of para-hydroxylation sites is 2. The molecule has 0 N–H and O–H groups in total. The fourth-order valence-electron chi connectivity index (χ4n) is 2.87. The predicted molar refractivity (Wildman–Crippen MR) is 79.0 cm³/mol. The Morgan fingerprint density at radius 3 is 2.79 bits per heavy atom. The second-order valence-corrected chi connectivity index (χ2v) is 6.20. The lowest BCUT2D eigenvalue weighted by Gasteiger charge is -2.45. The van der Waals surface area contributed by atoms with Crippen LogP contribution in [-0.4, -0.2) is 23.9 Å². The summed E-state index contributed by atoms with van der Waals surface area (Å²) in [5.41, 5.74) is 1.16. The number of ether oxygens (including phenoxy) is 1. The minimum absolute atomic E-state index is 0.0749. The van der Waals surface area contributed by atoms with Gasteiger partial charge in [-0.15, -0.1) is 0 Å². The molecular formula is C15H18BrNO2. The Hall–Kier alpha value is -1.03. The first-order valence-electron chi connectivity index (χ1n) is 6.78. The molecule has 1 amide bonds. The molecule has 3 nitrogen and oxygen atoms in total. The third-order valence-corrected chi connectivity index (χ3v) is 5.45. The van der Waals surface area contributed by atoms with Crippen LogP contribution in [0.3, 0.4) is 0 Å². The fraction of sp³-hybridized carbons (Fsp3) is 0.533. The summed E-state index contributed by atoms with van der Waals surface area (Å²) in [6.07, 6.45) is 3.27. The summed E-state index contributed by atoms with van der Waals surface area (Å²) in [4.78, 5) is 14.3. The lowest BCUT2D eigenvalue weighted by molar-refractivity contribution is -0.126. The highest BCUT2D eigenvalue weighted by Crippen LogP contribution is 2.45. The van der Waals surface area contributed by atoms with Crippen molar-refractivity contribution in [1.82, 2.24) is 0 Å². The molecule has 1 aliphatic heterocycles. The zero-order chi connectivity index (χ0) is 13.5. The topological polar surface area (TPSA) is 29.5 Å². The van der Waals surface area contributed by atoms with Crippen LogP contribution in [0.5, 0.6) is 5.75 Å². The van der Waals surface area contributed by atoms with Crippen molar-refractivity contribution >= 4 is 27.5 Å². The smallest absolute Gasteiger partial charge is 0.267 e. The first kappa shape index (κ1) is 13.0. The summed E-state index contributed by atoms with van der Waals surface area (Å²) >= 11 is 3.62. The largest absolute Gasteiger partial charge is 0.479 e. The van der Waals surface area contributed by atoms with Crippen molar-refractivity contribution in [3.8, 4) is 5.75 Å². The quantitative estimate of drug-likeness (QED) is 0.798. The van der Waals surface area contributed by atoms with E-state index in [2.05, 4.69) is 15.9 Å². The van der Waals surface area contributed by atoms with Crippen molar-refractivity contribution in [3.05, 3.63) is 24.3 Å². The van der Waals surface area contributed by atoms with Crippen LogP contribution >= 0.6 is 15.9 Å². The predicted octanol–water partition coefficient (Wildman–Crippen LogP) is 3.37. The molecular weight excluding hydrogens is 306 g/mol. The number of fused-ring (bicyclic) bond motifs is 1. The first-order valence-corrected chi connectivity index (χ1v) is 7.90. The van der Waals surface area contributed by atoms with E-state index in [4.69, 9.17) is 4.74 Å². The van der Waals surface area contributed by atoms with Crippen LogP contribution in [0.2, 0.25) is 0 Å². The van der Waals surface area contributed by atoms with Crippen molar-refractivity contribution < 1.29 is 9.53 Å². The highest BCUT2D eigenvalue weighted by atomic mass is 79.9. The third-order valence-electron chi connectivity index (χ3n) is 4.26. The molecule has 1 saturated carbocycles. The van der Waals surface area contributed by atoms with E-state index < -0.39 is 0 Å². The number of carbonyl (C=O) groups is 1. The minimum atomic E-state index is -0.387. The second kappa shape index (κ2) is 4.82. The Bertz CT molecular complexity index is 493. The van der Waals surface area contributed by atoms with Crippen molar-refractivity contribution in [2.45, 2.75) is 32.3 Å². The van der Waals surface area contributed by atoms with Gasteiger partial charge in [0.15, 0.2) is 6.10 Å². The van der Waals surface area contributed by atoms with Crippen LogP contribution in [0.15, 0.2) is 24.3 Å². The number of anilines is 1. The van der Waals surface area contributed by atoms with E-state index >= 15 is 0 Å². The van der Waals surface area contributed by atoms with Crippen LogP contribution in [0.25, 0.3) is 0 Å². The number of carbonyl (C=O) groups excluding carboxylic acids is 1.